The molecular formula is C15H23N3O. The number of amides is 1. The maximum atomic E-state index is 12.2. The lowest BCUT2D eigenvalue weighted by Crippen LogP contribution is -2.44. The van der Waals surface area contributed by atoms with Crippen LogP contribution < -0.4 is 11.1 Å². The molecule has 3 N–H and O–H groups in total. The molecule has 1 amide bonds. The highest BCUT2D eigenvalue weighted by molar-refractivity contribution is 5.95. The average molecular weight is 261 g/mol. The van der Waals surface area contributed by atoms with Crippen molar-refractivity contribution in [2.24, 2.45) is 0 Å². The average Bonchev–Trinajstić information content (AvgIpc) is 2.42. The second-order valence-corrected chi connectivity index (χ2v) is 5.25. The molecule has 0 bridgehead atoms. The van der Waals surface area contributed by atoms with Gasteiger partial charge in [-0.25, -0.2) is 0 Å². The van der Waals surface area contributed by atoms with Crippen LogP contribution in [0.15, 0.2) is 18.2 Å². The third kappa shape index (κ3) is 3.47. The molecule has 0 saturated carbocycles. The SMILES string of the molecule is CCN1CCC(NC(=O)c2ccc(N)c(C)c2)CC1. The summed E-state index contributed by atoms with van der Waals surface area (Å²) in [4.78, 5) is 14.6. The van der Waals surface area contributed by atoms with Crippen LogP contribution in [0.4, 0.5) is 5.69 Å². The largest absolute Gasteiger partial charge is 0.399 e. The van der Waals surface area contributed by atoms with Crippen LogP contribution >= 0.6 is 0 Å². The first-order chi connectivity index (χ1) is 9.10. The quantitative estimate of drug-likeness (QED) is 0.816. The highest BCUT2D eigenvalue weighted by atomic mass is 16.1. The smallest absolute Gasteiger partial charge is 0.251 e. The van der Waals surface area contributed by atoms with Crippen molar-refractivity contribution in [1.82, 2.24) is 10.2 Å². The molecule has 1 saturated heterocycles. The van der Waals surface area contributed by atoms with Gasteiger partial charge < -0.3 is 16.0 Å². The maximum Gasteiger partial charge on any atom is 0.251 e. The summed E-state index contributed by atoms with van der Waals surface area (Å²) in [6.07, 6.45) is 2.07. The van der Waals surface area contributed by atoms with Crippen molar-refractivity contribution in [3.05, 3.63) is 29.3 Å². The van der Waals surface area contributed by atoms with Gasteiger partial charge >= 0.3 is 0 Å². The maximum absolute atomic E-state index is 12.2. The number of carbonyl (C=O) groups excluding carboxylic acids is 1. The second kappa shape index (κ2) is 6.06. The summed E-state index contributed by atoms with van der Waals surface area (Å²) in [6.45, 7) is 7.34. The van der Waals surface area contributed by atoms with E-state index in [0.29, 0.717) is 11.6 Å². The first-order valence-electron chi connectivity index (χ1n) is 6.99. The van der Waals surface area contributed by atoms with Crippen molar-refractivity contribution >= 4 is 11.6 Å². The number of nitrogens with one attached hydrogen (secondary N) is 1. The van der Waals surface area contributed by atoms with Crippen LogP contribution in [-0.4, -0.2) is 36.5 Å². The minimum atomic E-state index is 0.0121. The number of hydrogen-bond acceptors (Lipinski definition) is 3. The van der Waals surface area contributed by atoms with Crippen molar-refractivity contribution < 1.29 is 4.79 Å². The van der Waals surface area contributed by atoms with Gasteiger partial charge in [-0.3, -0.25) is 4.79 Å². The standard InChI is InChI=1S/C15H23N3O/c1-3-18-8-6-13(7-9-18)17-15(19)12-4-5-14(16)11(2)10-12/h4-5,10,13H,3,6-9,16H2,1-2H3,(H,17,19). The summed E-state index contributed by atoms with van der Waals surface area (Å²) in [5.41, 5.74) is 8.15. The van der Waals surface area contributed by atoms with Crippen molar-refractivity contribution in [3.8, 4) is 0 Å². The monoisotopic (exact) mass is 261 g/mol. The molecule has 19 heavy (non-hydrogen) atoms. The van der Waals surface area contributed by atoms with Crippen LogP contribution in [0.5, 0.6) is 0 Å². The van der Waals surface area contributed by atoms with Gasteiger partial charge in [0, 0.05) is 30.4 Å². The number of rotatable bonds is 3. The van der Waals surface area contributed by atoms with Crippen molar-refractivity contribution in [1.29, 1.82) is 0 Å². The molecule has 4 nitrogen and oxygen atoms in total. The third-order valence-corrected chi connectivity index (χ3v) is 3.90. The number of hydrogen-bond donors (Lipinski definition) is 2. The Labute approximate surface area is 115 Å². The van der Waals surface area contributed by atoms with Gasteiger partial charge in [0.25, 0.3) is 5.91 Å². The number of aryl methyl sites for hydroxylation is 1. The number of piperidine rings is 1. The highest BCUT2D eigenvalue weighted by Gasteiger charge is 2.20. The number of nitrogens with two attached hydrogens (primary N) is 1. The number of likely N-dealkylation sites (tertiary alicyclic amines) is 1. The molecule has 0 radical (unpaired) electrons. The normalized spacial score (nSPS) is 17.4. The predicted octanol–water partition coefficient (Wildman–Crippen LogP) is 1.79. The van der Waals surface area contributed by atoms with E-state index < -0.39 is 0 Å². The van der Waals surface area contributed by atoms with Crippen LogP contribution in [0.25, 0.3) is 0 Å². The number of benzene rings is 1. The zero-order valence-electron chi connectivity index (χ0n) is 11.8. The third-order valence-electron chi connectivity index (χ3n) is 3.90. The van der Waals surface area contributed by atoms with Gasteiger partial charge in [-0.2, -0.15) is 0 Å². The summed E-state index contributed by atoms with van der Waals surface area (Å²) in [6, 6.07) is 5.74. The predicted molar refractivity (Wildman–Crippen MR) is 78.2 cm³/mol. The number of anilines is 1. The molecule has 0 atom stereocenters. The van der Waals surface area contributed by atoms with Gasteiger partial charge in [-0.15, -0.1) is 0 Å². The Kier molecular flexibility index (Phi) is 4.43. The summed E-state index contributed by atoms with van der Waals surface area (Å²) >= 11 is 0. The lowest BCUT2D eigenvalue weighted by Gasteiger charge is -2.31. The molecule has 0 aliphatic carbocycles. The molecule has 1 aromatic carbocycles. The van der Waals surface area contributed by atoms with E-state index in [1.165, 1.54) is 0 Å². The Bertz CT molecular complexity index is 451. The molecule has 104 valence electrons. The van der Waals surface area contributed by atoms with Crippen molar-refractivity contribution in [3.63, 3.8) is 0 Å². The minimum absolute atomic E-state index is 0.0121. The van der Waals surface area contributed by atoms with E-state index in [0.717, 1.165) is 43.7 Å². The van der Waals surface area contributed by atoms with Gasteiger partial charge in [0.15, 0.2) is 0 Å². The van der Waals surface area contributed by atoms with E-state index >= 15 is 0 Å². The van der Waals surface area contributed by atoms with Crippen molar-refractivity contribution in [2.45, 2.75) is 32.7 Å². The van der Waals surface area contributed by atoms with E-state index in [2.05, 4.69) is 17.1 Å². The molecule has 1 aliphatic rings. The first-order valence-corrected chi connectivity index (χ1v) is 6.99. The lowest BCUT2D eigenvalue weighted by atomic mass is 10.0. The lowest BCUT2D eigenvalue weighted by molar-refractivity contribution is 0.0912. The number of carbonyl (C=O) groups is 1. The topological polar surface area (TPSA) is 58.4 Å². The molecule has 4 heteroatoms. The second-order valence-electron chi connectivity index (χ2n) is 5.25. The molecule has 0 unspecified atom stereocenters. The zero-order valence-corrected chi connectivity index (χ0v) is 11.8. The fraction of sp³-hybridized carbons (Fsp3) is 0.533. The van der Waals surface area contributed by atoms with Gasteiger partial charge in [0.05, 0.1) is 0 Å². The highest BCUT2D eigenvalue weighted by Crippen LogP contribution is 2.14. The van der Waals surface area contributed by atoms with Crippen LogP contribution in [-0.2, 0) is 0 Å². The van der Waals surface area contributed by atoms with Gasteiger partial charge in [-0.05, 0) is 50.1 Å². The van der Waals surface area contributed by atoms with Crippen LogP contribution in [0.3, 0.4) is 0 Å². The van der Waals surface area contributed by atoms with E-state index in [1.54, 1.807) is 12.1 Å². The van der Waals surface area contributed by atoms with Crippen molar-refractivity contribution in [2.75, 3.05) is 25.4 Å². The minimum Gasteiger partial charge on any atom is -0.399 e. The summed E-state index contributed by atoms with van der Waals surface area (Å²) in [7, 11) is 0. The van der Waals surface area contributed by atoms with Gasteiger partial charge in [0.2, 0.25) is 0 Å². The van der Waals surface area contributed by atoms with Crippen LogP contribution in [0.1, 0.15) is 35.7 Å². The Morgan fingerprint density at radius 3 is 2.68 bits per heavy atom. The molecule has 1 heterocycles. The van der Waals surface area contributed by atoms with Crippen LogP contribution in [0.2, 0.25) is 0 Å². The van der Waals surface area contributed by atoms with E-state index in [-0.39, 0.29) is 5.91 Å². The van der Waals surface area contributed by atoms with E-state index in [1.807, 2.05) is 13.0 Å². The number of nitrogens with zero attached hydrogens (tertiary/aromatic N) is 1. The number of nitrogen functional groups attached to an aromatic ring is 1. The Balaban J connectivity index is 1.92. The molecule has 0 aromatic heterocycles. The molecule has 1 aromatic rings. The molecule has 0 spiro atoms. The van der Waals surface area contributed by atoms with Gasteiger partial charge in [0.1, 0.15) is 0 Å². The fourth-order valence-electron chi connectivity index (χ4n) is 2.48. The van der Waals surface area contributed by atoms with E-state index in [9.17, 15) is 4.79 Å². The Morgan fingerprint density at radius 1 is 1.42 bits per heavy atom. The molecule has 2 rings (SSSR count). The Morgan fingerprint density at radius 2 is 2.11 bits per heavy atom. The molecule has 1 aliphatic heterocycles. The van der Waals surface area contributed by atoms with Gasteiger partial charge in [-0.1, -0.05) is 6.92 Å². The summed E-state index contributed by atoms with van der Waals surface area (Å²) in [5.74, 6) is 0.0121. The van der Waals surface area contributed by atoms with Crippen LogP contribution in [0, 0.1) is 6.92 Å². The zero-order chi connectivity index (χ0) is 13.8. The first kappa shape index (κ1) is 13.9. The summed E-state index contributed by atoms with van der Waals surface area (Å²) in [5, 5.41) is 3.12. The fourth-order valence-corrected chi connectivity index (χ4v) is 2.48. The molecular weight excluding hydrogens is 238 g/mol. The Hall–Kier alpha value is -1.55. The molecule has 1 fully saturated rings. The summed E-state index contributed by atoms with van der Waals surface area (Å²) < 4.78 is 0. The van der Waals surface area contributed by atoms with E-state index in [4.69, 9.17) is 5.73 Å².